The van der Waals surface area contributed by atoms with Crippen LogP contribution >= 0.6 is 15.9 Å². The fourth-order valence-corrected chi connectivity index (χ4v) is 2.31. The van der Waals surface area contributed by atoms with E-state index in [1.807, 2.05) is 0 Å². The summed E-state index contributed by atoms with van der Waals surface area (Å²) in [6, 6.07) is 9.13. The van der Waals surface area contributed by atoms with Gasteiger partial charge in [0, 0.05) is 10.5 Å². The Balaban J connectivity index is 2.16. The summed E-state index contributed by atoms with van der Waals surface area (Å²) in [4.78, 5) is 0. The van der Waals surface area contributed by atoms with Crippen molar-refractivity contribution in [2.75, 3.05) is 6.54 Å². The van der Waals surface area contributed by atoms with Crippen molar-refractivity contribution in [2.45, 2.75) is 19.4 Å². The highest BCUT2D eigenvalue weighted by Crippen LogP contribution is 2.27. The zero-order chi connectivity index (χ0) is 9.26. The molecule has 1 aliphatic rings. The Labute approximate surface area is 87.7 Å². The van der Waals surface area contributed by atoms with Gasteiger partial charge in [-0.05, 0) is 36.6 Å². The number of hydrogen-bond donors (Lipinski definition) is 1. The molecule has 70 valence electrons. The summed E-state index contributed by atoms with van der Waals surface area (Å²) in [5, 5.41) is 3.53. The highest BCUT2D eigenvalue weighted by atomic mass is 79.9. The van der Waals surface area contributed by atoms with Crippen LogP contribution in [0.2, 0.25) is 0 Å². The molecule has 1 N–H and O–H groups in total. The predicted octanol–water partition coefficient (Wildman–Crippen LogP) is 3.12. The van der Waals surface area contributed by atoms with E-state index in [1.54, 1.807) is 0 Å². The summed E-state index contributed by atoms with van der Waals surface area (Å²) < 4.78 is 1.17. The SMILES string of the molecule is C[C@H]1CN[C@@H](c2cccc(Br)c2)C1. The topological polar surface area (TPSA) is 12.0 Å². The van der Waals surface area contributed by atoms with Gasteiger partial charge in [-0.3, -0.25) is 0 Å². The number of benzene rings is 1. The first-order chi connectivity index (χ1) is 6.25. The van der Waals surface area contributed by atoms with Gasteiger partial charge in [-0.25, -0.2) is 0 Å². The molecule has 0 aromatic heterocycles. The Morgan fingerprint density at radius 1 is 1.46 bits per heavy atom. The van der Waals surface area contributed by atoms with Crippen molar-refractivity contribution in [1.29, 1.82) is 0 Å². The Morgan fingerprint density at radius 2 is 2.31 bits per heavy atom. The summed E-state index contributed by atoms with van der Waals surface area (Å²) in [6.07, 6.45) is 1.26. The van der Waals surface area contributed by atoms with Crippen molar-refractivity contribution in [3.63, 3.8) is 0 Å². The van der Waals surface area contributed by atoms with E-state index in [4.69, 9.17) is 0 Å². The van der Waals surface area contributed by atoms with E-state index in [1.165, 1.54) is 16.5 Å². The molecule has 1 fully saturated rings. The molecule has 0 radical (unpaired) electrons. The summed E-state index contributed by atoms with van der Waals surface area (Å²) in [6.45, 7) is 3.45. The summed E-state index contributed by atoms with van der Waals surface area (Å²) >= 11 is 3.50. The maximum absolute atomic E-state index is 3.53. The van der Waals surface area contributed by atoms with Crippen LogP contribution in [-0.2, 0) is 0 Å². The third kappa shape index (κ3) is 2.12. The summed E-state index contributed by atoms with van der Waals surface area (Å²) in [7, 11) is 0. The van der Waals surface area contributed by atoms with Gasteiger partial charge in [-0.1, -0.05) is 35.0 Å². The van der Waals surface area contributed by atoms with Gasteiger partial charge >= 0.3 is 0 Å². The van der Waals surface area contributed by atoms with E-state index in [0.717, 1.165) is 12.5 Å². The molecule has 0 spiro atoms. The summed E-state index contributed by atoms with van der Waals surface area (Å²) in [5.41, 5.74) is 1.40. The largest absolute Gasteiger partial charge is 0.310 e. The standard InChI is InChI=1S/C11H14BrN/c1-8-5-11(13-7-8)9-3-2-4-10(12)6-9/h2-4,6,8,11,13H,5,7H2,1H3/t8-,11-/m1/s1. The molecule has 1 aromatic rings. The highest BCUT2D eigenvalue weighted by molar-refractivity contribution is 9.10. The van der Waals surface area contributed by atoms with Crippen molar-refractivity contribution < 1.29 is 0 Å². The second kappa shape index (κ2) is 3.81. The van der Waals surface area contributed by atoms with E-state index in [0.29, 0.717) is 6.04 Å². The lowest BCUT2D eigenvalue weighted by Gasteiger charge is -2.10. The van der Waals surface area contributed by atoms with Crippen molar-refractivity contribution in [1.82, 2.24) is 5.32 Å². The molecule has 1 nitrogen and oxygen atoms in total. The van der Waals surface area contributed by atoms with Gasteiger partial charge in [-0.2, -0.15) is 0 Å². The molecule has 13 heavy (non-hydrogen) atoms. The van der Waals surface area contributed by atoms with Crippen LogP contribution < -0.4 is 5.32 Å². The lowest BCUT2D eigenvalue weighted by Crippen LogP contribution is -2.13. The van der Waals surface area contributed by atoms with Gasteiger partial charge in [0.15, 0.2) is 0 Å². The zero-order valence-electron chi connectivity index (χ0n) is 7.76. The number of nitrogens with one attached hydrogen (secondary N) is 1. The number of rotatable bonds is 1. The van der Waals surface area contributed by atoms with Crippen LogP contribution in [0.5, 0.6) is 0 Å². The van der Waals surface area contributed by atoms with E-state index in [9.17, 15) is 0 Å². The van der Waals surface area contributed by atoms with Crippen LogP contribution in [0.1, 0.15) is 24.9 Å². The van der Waals surface area contributed by atoms with E-state index < -0.39 is 0 Å². The molecule has 1 heterocycles. The second-order valence-corrected chi connectivity index (χ2v) is 4.77. The molecule has 2 rings (SSSR count). The monoisotopic (exact) mass is 239 g/mol. The quantitative estimate of drug-likeness (QED) is 0.795. The van der Waals surface area contributed by atoms with Gasteiger partial charge < -0.3 is 5.32 Å². The van der Waals surface area contributed by atoms with Gasteiger partial charge in [0.05, 0.1) is 0 Å². The number of halogens is 1. The smallest absolute Gasteiger partial charge is 0.0323 e. The Morgan fingerprint density at radius 3 is 2.92 bits per heavy atom. The first-order valence-corrected chi connectivity index (χ1v) is 5.54. The molecule has 0 bridgehead atoms. The maximum atomic E-state index is 3.53. The average Bonchev–Trinajstić information content (AvgIpc) is 2.52. The van der Waals surface area contributed by atoms with Gasteiger partial charge in [0.2, 0.25) is 0 Å². The van der Waals surface area contributed by atoms with E-state index in [2.05, 4.69) is 52.4 Å². The fourth-order valence-electron chi connectivity index (χ4n) is 1.89. The lowest BCUT2D eigenvalue weighted by atomic mass is 10.0. The molecular formula is C11H14BrN. The van der Waals surface area contributed by atoms with Gasteiger partial charge in [0.1, 0.15) is 0 Å². The van der Waals surface area contributed by atoms with Crippen LogP contribution in [0, 0.1) is 5.92 Å². The predicted molar refractivity (Wildman–Crippen MR) is 58.7 cm³/mol. The molecule has 2 heteroatoms. The Kier molecular flexibility index (Phi) is 2.70. The molecule has 1 aliphatic heterocycles. The third-order valence-corrected chi connectivity index (χ3v) is 3.10. The van der Waals surface area contributed by atoms with Crippen LogP contribution in [0.25, 0.3) is 0 Å². The van der Waals surface area contributed by atoms with Crippen molar-refractivity contribution in [2.24, 2.45) is 5.92 Å². The van der Waals surface area contributed by atoms with Crippen molar-refractivity contribution in [3.8, 4) is 0 Å². The molecule has 1 aromatic carbocycles. The third-order valence-electron chi connectivity index (χ3n) is 2.60. The lowest BCUT2D eigenvalue weighted by molar-refractivity contribution is 0.611. The first-order valence-electron chi connectivity index (χ1n) is 4.74. The molecule has 0 saturated carbocycles. The van der Waals surface area contributed by atoms with Crippen LogP contribution in [-0.4, -0.2) is 6.54 Å². The minimum Gasteiger partial charge on any atom is -0.310 e. The Hall–Kier alpha value is -0.340. The normalized spacial score (nSPS) is 27.8. The van der Waals surface area contributed by atoms with Crippen molar-refractivity contribution >= 4 is 15.9 Å². The highest BCUT2D eigenvalue weighted by Gasteiger charge is 2.21. The minimum absolute atomic E-state index is 0.562. The van der Waals surface area contributed by atoms with E-state index in [-0.39, 0.29) is 0 Å². The minimum atomic E-state index is 0.562. The molecule has 0 amide bonds. The first kappa shape index (κ1) is 9.22. The molecule has 2 atom stereocenters. The average molecular weight is 240 g/mol. The van der Waals surface area contributed by atoms with Crippen LogP contribution in [0.4, 0.5) is 0 Å². The molecular weight excluding hydrogens is 226 g/mol. The molecule has 0 aliphatic carbocycles. The second-order valence-electron chi connectivity index (χ2n) is 3.86. The summed E-state index contributed by atoms with van der Waals surface area (Å²) in [5.74, 6) is 0.809. The van der Waals surface area contributed by atoms with Gasteiger partial charge in [-0.15, -0.1) is 0 Å². The zero-order valence-corrected chi connectivity index (χ0v) is 9.34. The molecule has 0 unspecified atom stereocenters. The maximum Gasteiger partial charge on any atom is 0.0323 e. The fraction of sp³-hybridized carbons (Fsp3) is 0.455. The Bertz CT molecular complexity index is 298. The van der Waals surface area contributed by atoms with Gasteiger partial charge in [0.25, 0.3) is 0 Å². The van der Waals surface area contributed by atoms with E-state index >= 15 is 0 Å². The van der Waals surface area contributed by atoms with Crippen LogP contribution in [0.15, 0.2) is 28.7 Å². The molecule has 1 saturated heterocycles. The van der Waals surface area contributed by atoms with Crippen molar-refractivity contribution in [3.05, 3.63) is 34.3 Å². The van der Waals surface area contributed by atoms with Crippen LogP contribution in [0.3, 0.4) is 0 Å². The number of hydrogen-bond acceptors (Lipinski definition) is 1.